The first-order valence-corrected chi connectivity index (χ1v) is 12.4. The number of halogens is 2. The van der Waals surface area contributed by atoms with Crippen LogP contribution in [0.3, 0.4) is 0 Å². The zero-order valence-corrected chi connectivity index (χ0v) is 19.1. The molecule has 0 unspecified atom stereocenters. The van der Waals surface area contributed by atoms with Gasteiger partial charge < -0.3 is 4.74 Å². The molecule has 29 heavy (non-hydrogen) atoms. The lowest BCUT2D eigenvalue weighted by molar-refractivity contribution is -0.151. The second-order valence-corrected chi connectivity index (χ2v) is 10.5. The summed E-state index contributed by atoms with van der Waals surface area (Å²) in [4.78, 5) is 16.7. The predicted octanol–water partition coefficient (Wildman–Crippen LogP) is 4.55. The van der Waals surface area contributed by atoms with Crippen molar-refractivity contribution >= 4 is 50.5 Å². The molecule has 1 aromatic heterocycles. The van der Waals surface area contributed by atoms with Gasteiger partial charge in [-0.05, 0) is 37.8 Å². The maximum absolute atomic E-state index is 12.9. The molecule has 0 bridgehead atoms. The van der Waals surface area contributed by atoms with Crippen LogP contribution in [0.15, 0.2) is 28.5 Å². The summed E-state index contributed by atoms with van der Waals surface area (Å²) < 4.78 is 32.5. The quantitative estimate of drug-likeness (QED) is 0.547. The van der Waals surface area contributed by atoms with E-state index in [1.165, 1.54) is 16.4 Å². The summed E-state index contributed by atoms with van der Waals surface area (Å²) in [5.74, 6) is -0.653. The molecule has 1 aromatic carbocycles. The van der Waals surface area contributed by atoms with Gasteiger partial charge in [0, 0.05) is 18.5 Å². The van der Waals surface area contributed by atoms with Crippen molar-refractivity contribution in [3.05, 3.63) is 44.3 Å². The molecule has 6 nitrogen and oxygen atoms in total. The topological polar surface area (TPSA) is 76.6 Å². The van der Waals surface area contributed by atoms with Gasteiger partial charge in [-0.2, -0.15) is 4.31 Å². The minimum Gasteiger partial charge on any atom is -0.459 e. The van der Waals surface area contributed by atoms with E-state index >= 15 is 0 Å². The Labute approximate surface area is 184 Å². The lowest BCUT2D eigenvalue weighted by Crippen LogP contribution is -2.40. The molecule has 0 saturated carbocycles. The smallest absolute Gasteiger partial charge is 0.309 e. The summed E-state index contributed by atoms with van der Waals surface area (Å²) in [6.07, 6.45) is 2.71. The van der Waals surface area contributed by atoms with Gasteiger partial charge in [-0.25, -0.2) is 13.4 Å². The third kappa shape index (κ3) is 5.30. The minimum atomic E-state index is -3.82. The summed E-state index contributed by atoms with van der Waals surface area (Å²) in [7, 11) is -3.82. The number of rotatable bonds is 7. The van der Waals surface area contributed by atoms with Crippen LogP contribution < -0.4 is 0 Å². The minimum absolute atomic E-state index is 0.0872. The largest absolute Gasteiger partial charge is 0.459 e. The van der Waals surface area contributed by atoms with Crippen LogP contribution in [0, 0.1) is 5.92 Å². The number of thiazole rings is 1. The fourth-order valence-corrected chi connectivity index (χ4v) is 6.64. The van der Waals surface area contributed by atoms with Crippen LogP contribution in [0.1, 0.15) is 36.9 Å². The molecule has 158 valence electrons. The van der Waals surface area contributed by atoms with Crippen molar-refractivity contribution in [3.8, 4) is 0 Å². The van der Waals surface area contributed by atoms with Crippen molar-refractivity contribution in [1.82, 2.24) is 9.29 Å². The van der Waals surface area contributed by atoms with Gasteiger partial charge in [-0.15, -0.1) is 11.3 Å². The van der Waals surface area contributed by atoms with E-state index in [2.05, 4.69) is 11.9 Å². The van der Waals surface area contributed by atoms with E-state index in [0.29, 0.717) is 12.8 Å². The van der Waals surface area contributed by atoms with E-state index < -0.39 is 10.0 Å². The van der Waals surface area contributed by atoms with E-state index in [1.807, 2.05) is 5.38 Å². The molecule has 10 heteroatoms. The Morgan fingerprint density at radius 3 is 2.55 bits per heavy atom. The molecule has 0 aliphatic carbocycles. The highest BCUT2D eigenvalue weighted by molar-refractivity contribution is 7.89. The van der Waals surface area contributed by atoms with Crippen LogP contribution in [0.5, 0.6) is 0 Å². The van der Waals surface area contributed by atoms with Gasteiger partial charge in [0.15, 0.2) is 0 Å². The molecule has 0 atom stereocenters. The number of carbonyl (C=O) groups excluding carboxylic acids is 1. The molecule has 2 heterocycles. The van der Waals surface area contributed by atoms with Crippen LogP contribution in [0.25, 0.3) is 0 Å². The molecule has 1 saturated heterocycles. The van der Waals surface area contributed by atoms with Gasteiger partial charge >= 0.3 is 5.97 Å². The molecule has 1 aliphatic heterocycles. The Hall–Kier alpha value is -1.19. The first-order chi connectivity index (χ1) is 13.8. The van der Waals surface area contributed by atoms with Gasteiger partial charge in [-0.3, -0.25) is 4.79 Å². The summed E-state index contributed by atoms with van der Waals surface area (Å²) in [6, 6.07) is 4.59. The number of hydrogen-bond acceptors (Lipinski definition) is 6. The Bertz CT molecular complexity index is 950. The Morgan fingerprint density at radius 2 is 1.93 bits per heavy atom. The number of benzene rings is 1. The number of sulfonamides is 1. The summed E-state index contributed by atoms with van der Waals surface area (Å²) >= 11 is 13.7. The maximum atomic E-state index is 12.9. The maximum Gasteiger partial charge on any atom is 0.309 e. The normalized spacial score (nSPS) is 16.1. The van der Waals surface area contributed by atoms with E-state index in [-0.39, 0.29) is 46.5 Å². The van der Waals surface area contributed by atoms with Gasteiger partial charge in [-0.1, -0.05) is 36.2 Å². The molecule has 1 aliphatic rings. The number of aryl methyl sites for hydroxylation is 1. The third-order valence-corrected chi connectivity index (χ3v) is 8.54. The standard InChI is InChI=1S/C19H22Cl2N2O4S2/c1-2-4-17-22-14(12-28-17)11-27-19(24)13-7-9-23(10-8-13)29(25,26)18-15(20)5-3-6-16(18)21/h3,5-6,12-13H,2,4,7-11H2,1H3. The van der Waals surface area contributed by atoms with Gasteiger partial charge in [0.1, 0.15) is 11.5 Å². The zero-order valence-electron chi connectivity index (χ0n) is 15.9. The summed E-state index contributed by atoms with van der Waals surface area (Å²) in [5.41, 5.74) is 0.750. The van der Waals surface area contributed by atoms with Crippen molar-refractivity contribution in [2.45, 2.75) is 44.1 Å². The number of ether oxygens (including phenoxy) is 1. The first kappa shape index (κ1) is 22.5. The molecule has 0 amide bonds. The average Bonchev–Trinajstić information content (AvgIpc) is 3.14. The first-order valence-electron chi connectivity index (χ1n) is 9.37. The monoisotopic (exact) mass is 476 g/mol. The van der Waals surface area contributed by atoms with Crippen LogP contribution in [0.2, 0.25) is 10.0 Å². The van der Waals surface area contributed by atoms with Crippen LogP contribution in [-0.4, -0.2) is 36.8 Å². The van der Waals surface area contributed by atoms with Crippen molar-refractivity contribution in [3.63, 3.8) is 0 Å². The van der Waals surface area contributed by atoms with E-state index in [9.17, 15) is 13.2 Å². The highest BCUT2D eigenvalue weighted by atomic mass is 35.5. The van der Waals surface area contributed by atoms with Crippen molar-refractivity contribution in [2.75, 3.05) is 13.1 Å². The highest BCUT2D eigenvalue weighted by Crippen LogP contribution is 2.33. The number of carbonyl (C=O) groups is 1. The molecule has 0 N–H and O–H groups in total. The second-order valence-electron chi connectivity index (χ2n) is 6.82. The van der Waals surface area contributed by atoms with E-state index in [1.54, 1.807) is 17.4 Å². The van der Waals surface area contributed by atoms with Crippen molar-refractivity contribution < 1.29 is 17.9 Å². The number of aromatic nitrogens is 1. The fraction of sp³-hybridized carbons (Fsp3) is 0.474. The average molecular weight is 477 g/mol. The molecule has 0 radical (unpaired) electrons. The number of esters is 1. The predicted molar refractivity (Wildman–Crippen MR) is 114 cm³/mol. The van der Waals surface area contributed by atoms with Crippen LogP contribution in [0.4, 0.5) is 0 Å². The summed E-state index contributed by atoms with van der Waals surface area (Å²) in [6.45, 7) is 2.65. The van der Waals surface area contributed by atoms with E-state index in [0.717, 1.165) is 23.5 Å². The second kappa shape index (κ2) is 9.75. The van der Waals surface area contributed by atoms with Crippen molar-refractivity contribution in [2.24, 2.45) is 5.92 Å². The van der Waals surface area contributed by atoms with Crippen LogP contribution >= 0.6 is 34.5 Å². The van der Waals surface area contributed by atoms with E-state index in [4.69, 9.17) is 27.9 Å². The van der Waals surface area contributed by atoms with Crippen LogP contribution in [-0.2, 0) is 32.6 Å². The Balaban J connectivity index is 1.56. The number of nitrogens with zero attached hydrogens (tertiary/aromatic N) is 2. The van der Waals surface area contributed by atoms with Gasteiger partial charge in [0.2, 0.25) is 10.0 Å². The number of piperidine rings is 1. The molecule has 2 aromatic rings. The summed E-state index contributed by atoms with van der Waals surface area (Å²) in [5, 5.41) is 3.12. The molecule has 3 rings (SSSR count). The molecule has 0 spiro atoms. The number of hydrogen-bond donors (Lipinski definition) is 0. The van der Waals surface area contributed by atoms with Gasteiger partial charge in [0.25, 0.3) is 0 Å². The fourth-order valence-electron chi connectivity index (χ4n) is 3.20. The van der Waals surface area contributed by atoms with Crippen molar-refractivity contribution in [1.29, 1.82) is 0 Å². The molecular weight excluding hydrogens is 455 g/mol. The Morgan fingerprint density at radius 1 is 1.28 bits per heavy atom. The highest BCUT2D eigenvalue weighted by Gasteiger charge is 2.35. The van der Waals surface area contributed by atoms with Gasteiger partial charge in [0.05, 0.1) is 26.7 Å². The molecular formula is C19H22Cl2N2O4S2. The molecule has 1 fully saturated rings. The SMILES string of the molecule is CCCc1nc(COC(=O)C2CCN(S(=O)(=O)c3c(Cl)cccc3Cl)CC2)cs1. The zero-order chi connectivity index (χ0) is 21.0. The third-order valence-electron chi connectivity index (χ3n) is 4.73. The lowest BCUT2D eigenvalue weighted by Gasteiger charge is -2.30. The lowest BCUT2D eigenvalue weighted by atomic mass is 9.98. The Kier molecular flexibility index (Phi) is 7.56.